The van der Waals surface area contributed by atoms with Crippen LogP contribution in [0.5, 0.6) is 0 Å². The molecule has 1 aliphatic rings. The molecule has 1 rings (SSSR count). The summed E-state index contributed by atoms with van der Waals surface area (Å²) in [6, 6.07) is 0.447. The Morgan fingerprint density at radius 2 is 2.45 bits per heavy atom. The van der Waals surface area contributed by atoms with Crippen LogP contribution < -0.4 is 5.73 Å². The van der Waals surface area contributed by atoms with E-state index in [2.05, 4.69) is 11.8 Å². The largest absolute Gasteiger partial charge is 0.380 e. The first-order valence-electron chi connectivity index (χ1n) is 4.40. The standard InChI is InChI=1S/C8H18N2O/c1-2-10-4-3-5-11-7-8(10)6-9/h8H,2-7,9H2,1H3. The Morgan fingerprint density at radius 1 is 1.64 bits per heavy atom. The monoisotopic (exact) mass is 158 g/mol. The second-order valence-corrected chi connectivity index (χ2v) is 2.95. The number of nitrogens with two attached hydrogens (primary N) is 1. The molecule has 3 heteroatoms. The molecule has 0 spiro atoms. The normalized spacial score (nSPS) is 28.4. The second-order valence-electron chi connectivity index (χ2n) is 2.95. The maximum atomic E-state index is 5.62. The van der Waals surface area contributed by atoms with Crippen LogP contribution in [-0.2, 0) is 4.74 Å². The van der Waals surface area contributed by atoms with Crippen LogP contribution in [0.25, 0.3) is 0 Å². The smallest absolute Gasteiger partial charge is 0.0634 e. The van der Waals surface area contributed by atoms with Crippen molar-refractivity contribution in [1.29, 1.82) is 0 Å². The van der Waals surface area contributed by atoms with Crippen molar-refractivity contribution < 1.29 is 4.74 Å². The fourth-order valence-corrected chi connectivity index (χ4v) is 1.51. The van der Waals surface area contributed by atoms with E-state index in [1.165, 1.54) is 0 Å². The van der Waals surface area contributed by atoms with E-state index < -0.39 is 0 Å². The topological polar surface area (TPSA) is 38.5 Å². The van der Waals surface area contributed by atoms with Gasteiger partial charge in [0.25, 0.3) is 0 Å². The van der Waals surface area contributed by atoms with Gasteiger partial charge in [0, 0.05) is 25.7 Å². The molecule has 66 valence electrons. The minimum atomic E-state index is 0.447. The van der Waals surface area contributed by atoms with Gasteiger partial charge in [0.1, 0.15) is 0 Å². The lowest BCUT2D eigenvalue weighted by molar-refractivity contribution is 0.106. The van der Waals surface area contributed by atoms with Gasteiger partial charge in [-0.1, -0.05) is 6.92 Å². The zero-order valence-electron chi connectivity index (χ0n) is 7.25. The van der Waals surface area contributed by atoms with Gasteiger partial charge in [0.15, 0.2) is 0 Å². The maximum Gasteiger partial charge on any atom is 0.0634 e. The number of hydrogen-bond acceptors (Lipinski definition) is 3. The highest BCUT2D eigenvalue weighted by Gasteiger charge is 2.17. The number of rotatable bonds is 2. The molecule has 1 fully saturated rings. The number of ether oxygens (including phenoxy) is 1. The van der Waals surface area contributed by atoms with E-state index in [1.807, 2.05) is 0 Å². The summed E-state index contributed by atoms with van der Waals surface area (Å²) in [6.07, 6.45) is 1.14. The van der Waals surface area contributed by atoms with Crippen molar-refractivity contribution in [3.8, 4) is 0 Å². The first-order valence-corrected chi connectivity index (χ1v) is 4.40. The first-order chi connectivity index (χ1) is 5.38. The van der Waals surface area contributed by atoms with Crippen LogP contribution in [0.2, 0.25) is 0 Å². The first kappa shape index (κ1) is 8.97. The zero-order chi connectivity index (χ0) is 8.10. The molecule has 1 atom stereocenters. The van der Waals surface area contributed by atoms with Gasteiger partial charge in [-0.2, -0.15) is 0 Å². The summed E-state index contributed by atoms with van der Waals surface area (Å²) in [7, 11) is 0. The van der Waals surface area contributed by atoms with Crippen molar-refractivity contribution in [2.24, 2.45) is 5.73 Å². The van der Waals surface area contributed by atoms with Gasteiger partial charge in [0.05, 0.1) is 6.61 Å². The summed E-state index contributed by atoms with van der Waals surface area (Å²) in [5, 5.41) is 0. The van der Waals surface area contributed by atoms with Crippen molar-refractivity contribution in [3.63, 3.8) is 0 Å². The van der Waals surface area contributed by atoms with Gasteiger partial charge < -0.3 is 10.5 Å². The molecule has 0 saturated carbocycles. The van der Waals surface area contributed by atoms with Crippen LogP contribution in [0, 0.1) is 0 Å². The molecule has 1 unspecified atom stereocenters. The second kappa shape index (κ2) is 4.70. The quantitative estimate of drug-likeness (QED) is 0.617. The SMILES string of the molecule is CCN1CCCOCC1CN. The van der Waals surface area contributed by atoms with Crippen LogP contribution in [0.4, 0.5) is 0 Å². The lowest BCUT2D eigenvalue weighted by Gasteiger charge is -2.26. The molecular formula is C8H18N2O. The van der Waals surface area contributed by atoms with Crippen LogP contribution in [0.1, 0.15) is 13.3 Å². The fourth-order valence-electron chi connectivity index (χ4n) is 1.51. The van der Waals surface area contributed by atoms with Crippen molar-refractivity contribution in [2.45, 2.75) is 19.4 Å². The predicted molar refractivity (Wildman–Crippen MR) is 45.5 cm³/mol. The Bertz CT molecular complexity index is 96.3. The minimum absolute atomic E-state index is 0.447. The van der Waals surface area contributed by atoms with Crippen LogP contribution in [0.15, 0.2) is 0 Å². The van der Waals surface area contributed by atoms with Gasteiger partial charge in [-0.15, -0.1) is 0 Å². The highest BCUT2D eigenvalue weighted by atomic mass is 16.5. The van der Waals surface area contributed by atoms with E-state index in [9.17, 15) is 0 Å². The van der Waals surface area contributed by atoms with Crippen LogP contribution in [-0.4, -0.2) is 43.8 Å². The Kier molecular flexibility index (Phi) is 3.83. The molecule has 1 aliphatic heterocycles. The molecule has 0 aliphatic carbocycles. The highest BCUT2D eigenvalue weighted by Crippen LogP contribution is 2.05. The summed E-state index contributed by atoms with van der Waals surface area (Å²) in [4.78, 5) is 2.40. The molecular weight excluding hydrogens is 140 g/mol. The lowest BCUT2D eigenvalue weighted by Crippen LogP contribution is -2.42. The summed E-state index contributed by atoms with van der Waals surface area (Å²) in [5.74, 6) is 0. The minimum Gasteiger partial charge on any atom is -0.380 e. The molecule has 1 saturated heterocycles. The Hall–Kier alpha value is -0.120. The van der Waals surface area contributed by atoms with Gasteiger partial charge in [0.2, 0.25) is 0 Å². The molecule has 0 bridgehead atoms. The van der Waals surface area contributed by atoms with E-state index in [4.69, 9.17) is 10.5 Å². The molecule has 0 amide bonds. The number of hydrogen-bond donors (Lipinski definition) is 1. The highest BCUT2D eigenvalue weighted by molar-refractivity contribution is 4.73. The molecule has 0 aromatic carbocycles. The lowest BCUT2D eigenvalue weighted by atomic mass is 10.2. The summed E-state index contributed by atoms with van der Waals surface area (Å²) < 4.78 is 5.41. The molecule has 2 N–H and O–H groups in total. The zero-order valence-corrected chi connectivity index (χ0v) is 7.25. The van der Waals surface area contributed by atoms with E-state index in [0.717, 1.165) is 32.7 Å². The third-order valence-corrected chi connectivity index (χ3v) is 2.24. The van der Waals surface area contributed by atoms with Crippen molar-refractivity contribution in [2.75, 3.05) is 32.8 Å². The van der Waals surface area contributed by atoms with Crippen molar-refractivity contribution in [1.82, 2.24) is 4.90 Å². The average Bonchev–Trinajstić information content (AvgIpc) is 2.27. The summed E-state index contributed by atoms with van der Waals surface area (Å²) >= 11 is 0. The molecule has 0 aromatic heterocycles. The average molecular weight is 158 g/mol. The Labute approximate surface area is 68.5 Å². The predicted octanol–water partition coefficient (Wildman–Crippen LogP) is 0.0559. The Morgan fingerprint density at radius 3 is 3.09 bits per heavy atom. The Balaban J connectivity index is 2.41. The van der Waals surface area contributed by atoms with E-state index in [0.29, 0.717) is 12.6 Å². The maximum absolute atomic E-state index is 5.62. The van der Waals surface area contributed by atoms with E-state index >= 15 is 0 Å². The molecule has 3 nitrogen and oxygen atoms in total. The number of likely N-dealkylation sites (N-methyl/N-ethyl adjacent to an activating group) is 1. The van der Waals surface area contributed by atoms with Crippen LogP contribution >= 0.6 is 0 Å². The third kappa shape index (κ3) is 2.43. The van der Waals surface area contributed by atoms with Crippen LogP contribution in [0.3, 0.4) is 0 Å². The third-order valence-electron chi connectivity index (χ3n) is 2.24. The molecule has 0 radical (unpaired) electrons. The van der Waals surface area contributed by atoms with Gasteiger partial charge in [-0.3, -0.25) is 4.90 Å². The van der Waals surface area contributed by atoms with Gasteiger partial charge in [-0.05, 0) is 13.0 Å². The van der Waals surface area contributed by atoms with Gasteiger partial charge in [-0.25, -0.2) is 0 Å². The summed E-state index contributed by atoms with van der Waals surface area (Å²) in [5.41, 5.74) is 5.62. The molecule has 11 heavy (non-hydrogen) atoms. The van der Waals surface area contributed by atoms with E-state index in [-0.39, 0.29) is 0 Å². The van der Waals surface area contributed by atoms with Gasteiger partial charge >= 0.3 is 0 Å². The summed E-state index contributed by atoms with van der Waals surface area (Å²) in [6.45, 7) is 6.82. The number of nitrogens with zero attached hydrogens (tertiary/aromatic N) is 1. The molecule has 1 heterocycles. The van der Waals surface area contributed by atoms with E-state index in [1.54, 1.807) is 0 Å². The fraction of sp³-hybridized carbons (Fsp3) is 1.00. The van der Waals surface area contributed by atoms with Crippen molar-refractivity contribution >= 4 is 0 Å². The van der Waals surface area contributed by atoms with Crippen molar-refractivity contribution in [3.05, 3.63) is 0 Å². The molecule has 0 aromatic rings.